The van der Waals surface area contributed by atoms with Crippen LogP contribution in [-0.4, -0.2) is 18.6 Å². The molecule has 0 radical (unpaired) electrons. The second-order valence-corrected chi connectivity index (χ2v) is 5.30. The van der Waals surface area contributed by atoms with Crippen LogP contribution < -0.4 is 9.64 Å². The van der Waals surface area contributed by atoms with Crippen LogP contribution in [-0.2, 0) is 11.2 Å². The van der Waals surface area contributed by atoms with Gasteiger partial charge in [-0.25, -0.2) is 0 Å². The zero-order valence-corrected chi connectivity index (χ0v) is 12.2. The maximum atomic E-state index is 12.7. The van der Waals surface area contributed by atoms with Crippen LogP contribution in [0.4, 0.5) is 5.69 Å². The van der Waals surface area contributed by atoms with Crippen LogP contribution in [0, 0.1) is 0 Å². The van der Waals surface area contributed by atoms with Crippen LogP contribution in [0.2, 0.25) is 0 Å². The van der Waals surface area contributed by atoms with Gasteiger partial charge in [0.25, 0.3) is 5.91 Å². The molecule has 1 atom stereocenters. The number of anilines is 1. The minimum Gasteiger partial charge on any atom is -0.481 e. The summed E-state index contributed by atoms with van der Waals surface area (Å²) >= 11 is 0. The smallest absolute Gasteiger partial charge is 0.267 e. The lowest BCUT2D eigenvalue weighted by Crippen LogP contribution is -2.43. The zero-order chi connectivity index (χ0) is 14.7. The molecule has 0 bridgehead atoms. The lowest BCUT2D eigenvalue weighted by atomic mass is 10.0. The van der Waals surface area contributed by atoms with Crippen molar-refractivity contribution in [2.24, 2.45) is 0 Å². The lowest BCUT2D eigenvalue weighted by Gasteiger charge is -2.31. The first-order chi connectivity index (χ1) is 10.3. The summed E-state index contributed by atoms with van der Waals surface area (Å²) in [6.07, 6.45) is 1.55. The number of hydrogen-bond acceptors (Lipinski definition) is 2. The summed E-state index contributed by atoms with van der Waals surface area (Å²) < 4.78 is 5.75. The molecule has 0 N–H and O–H groups in total. The number of ether oxygens (including phenoxy) is 1. The number of nitrogens with zero attached hydrogens (tertiary/aromatic N) is 1. The second-order valence-electron chi connectivity index (χ2n) is 5.30. The Kier molecular flexibility index (Phi) is 3.91. The third kappa shape index (κ3) is 2.92. The molecule has 0 unspecified atom stereocenters. The fourth-order valence-corrected chi connectivity index (χ4v) is 2.74. The van der Waals surface area contributed by atoms with Crippen molar-refractivity contribution in [3.05, 3.63) is 60.2 Å². The molecule has 0 saturated carbocycles. The Hall–Kier alpha value is -2.29. The van der Waals surface area contributed by atoms with Gasteiger partial charge in [0, 0.05) is 12.2 Å². The molecular formula is C18H19NO2. The summed E-state index contributed by atoms with van der Waals surface area (Å²) in [5, 5.41) is 0. The van der Waals surface area contributed by atoms with E-state index < -0.39 is 6.10 Å². The number of carbonyl (C=O) groups is 1. The summed E-state index contributed by atoms with van der Waals surface area (Å²) in [4.78, 5) is 14.5. The van der Waals surface area contributed by atoms with Crippen LogP contribution in [0.1, 0.15) is 18.9 Å². The molecule has 3 rings (SSSR count). The van der Waals surface area contributed by atoms with E-state index in [1.807, 2.05) is 60.4 Å². The number of benzene rings is 2. The maximum absolute atomic E-state index is 12.7. The molecule has 1 aliphatic heterocycles. The molecule has 1 heterocycles. The highest BCUT2D eigenvalue weighted by atomic mass is 16.5. The summed E-state index contributed by atoms with van der Waals surface area (Å²) in [6, 6.07) is 17.6. The van der Waals surface area contributed by atoms with E-state index in [-0.39, 0.29) is 5.91 Å². The highest BCUT2D eigenvalue weighted by Gasteiger charge is 2.27. The van der Waals surface area contributed by atoms with Gasteiger partial charge in [-0.15, -0.1) is 0 Å². The van der Waals surface area contributed by atoms with Crippen LogP contribution in [0.3, 0.4) is 0 Å². The number of para-hydroxylation sites is 2. The van der Waals surface area contributed by atoms with Gasteiger partial charge in [0.2, 0.25) is 0 Å². The first-order valence-electron chi connectivity index (χ1n) is 7.37. The monoisotopic (exact) mass is 281 g/mol. The largest absolute Gasteiger partial charge is 0.481 e. The fraction of sp³-hybridized carbons (Fsp3) is 0.278. The number of carbonyl (C=O) groups excluding carboxylic acids is 1. The minimum absolute atomic E-state index is 0.0194. The Morgan fingerprint density at radius 3 is 2.62 bits per heavy atom. The molecule has 108 valence electrons. The van der Waals surface area contributed by atoms with Crippen molar-refractivity contribution >= 4 is 11.6 Å². The van der Waals surface area contributed by atoms with Gasteiger partial charge >= 0.3 is 0 Å². The van der Waals surface area contributed by atoms with Crippen molar-refractivity contribution in [3.63, 3.8) is 0 Å². The van der Waals surface area contributed by atoms with Gasteiger partial charge in [-0.3, -0.25) is 4.79 Å². The molecule has 0 fully saturated rings. The SMILES string of the molecule is C[C@H](Oc1ccccc1)C(=O)N1CCCc2ccccc21. The highest BCUT2D eigenvalue weighted by molar-refractivity contribution is 5.97. The fourth-order valence-electron chi connectivity index (χ4n) is 2.74. The molecule has 1 aliphatic rings. The number of aryl methyl sites for hydroxylation is 1. The molecule has 0 spiro atoms. The number of hydrogen-bond donors (Lipinski definition) is 0. The Labute approximate surface area is 125 Å². The molecule has 0 aliphatic carbocycles. The molecule has 2 aromatic carbocycles. The normalized spacial score (nSPS) is 15.2. The number of fused-ring (bicyclic) bond motifs is 1. The second kappa shape index (κ2) is 6.00. The van der Waals surface area contributed by atoms with Crippen molar-refractivity contribution in [2.45, 2.75) is 25.9 Å². The van der Waals surface area contributed by atoms with Gasteiger partial charge in [0.1, 0.15) is 5.75 Å². The predicted molar refractivity (Wildman–Crippen MR) is 83.6 cm³/mol. The number of amides is 1. The van der Waals surface area contributed by atoms with Crippen molar-refractivity contribution in [3.8, 4) is 5.75 Å². The summed E-state index contributed by atoms with van der Waals surface area (Å²) in [5.74, 6) is 0.745. The van der Waals surface area contributed by atoms with Crippen molar-refractivity contribution < 1.29 is 9.53 Å². The van der Waals surface area contributed by atoms with Crippen LogP contribution in [0.5, 0.6) is 5.75 Å². The van der Waals surface area contributed by atoms with E-state index in [1.54, 1.807) is 0 Å². The molecule has 3 nitrogen and oxygen atoms in total. The van der Waals surface area contributed by atoms with E-state index in [1.165, 1.54) is 5.56 Å². The first kappa shape index (κ1) is 13.7. The third-order valence-corrected chi connectivity index (χ3v) is 3.78. The Morgan fingerprint density at radius 1 is 1.10 bits per heavy atom. The van der Waals surface area contributed by atoms with Gasteiger partial charge in [0.15, 0.2) is 6.10 Å². The molecule has 0 aromatic heterocycles. The predicted octanol–water partition coefficient (Wildman–Crippen LogP) is 3.43. The third-order valence-electron chi connectivity index (χ3n) is 3.78. The average molecular weight is 281 g/mol. The van der Waals surface area contributed by atoms with Crippen LogP contribution in [0.15, 0.2) is 54.6 Å². The Bertz CT molecular complexity index is 624. The number of rotatable bonds is 3. The highest BCUT2D eigenvalue weighted by Crippen LogP contribution is 2.27. The van der Waals surface area contributed by atoms with Crippen LogP contribution >= 0.6 is 0 Å². The summed E-state index contributed by atoms with van der Waals surface area (Å²) in [7, 11) is 0. The van der Waals surface area contributed by atoms with E-state index in [0.717, 1.165) is 30.8 Å². The van der Waals surface area contributed by atoms with E-state index in [2.05, 4.69) is 6.07 Å². The minimum atomic E-state index is -0.487. The van der Waals surface area contributed by atoms with E-state index >= 15 is 0 Å². The summed E-state index contributed by atoms with van der Waals surface area (Å²) in [5.41, 5.74) is 2.27. The van der Waals surface area contributed by atoms with Gasteiger partial charge < -0.3 is 9.64 Å². The van der Waals surface area contributed by atoms with Crippen molar-refractivity contribution in [1.29, 1.82) is 0 Å². The van der Waals surface area contributed by atoms with E-state index in [4.69, 9.17) is 4.74 Å². The van der Waals surface area contributed by atoms with Crippen molar-refractivity contribution in [2.75, 3.05) is 11.4 Å². The topological polar surface area (TPSA) is 29.5 Å². The molecule has 2 aromatic rings. The van der Waals surface area contributed by atoms with Gasteiger partial charge in [-0.1, -0.05) is 36.4 Å². The van der Waals surface area contributed by atoms with Crippen LogP contribution in [0.25, 0.3) is 0 Å². The lowest BCUT2D eigenvalue weighted by molar-refractivity contribution is -0.124. The molecular weight excluding hydrogens is 262 g/mol. The average Bonchev–Trinajstić information content (AvgIpc) is 2.54. The van der Waals surface area contributed by atoms with E-state index in [9.17, 15) is 4.79 Å². The Balaban J connectivity index is 1.77. The zero-order valence-electron chi connectivity index (χ0n) is 12.2. The van der Waals surface area contributed by atoms with Crippen molar-refractivity contribution in [1.82, 2.24) is 0 Å². The molecule has 3 heteroatoms. The van der Waals surface area contributed by atoms with Gasteiger partial charge in [-0.05, 0) is 43.5 Å². The first-order valence-corrected chi connectivity index (χ1v) is 7.37. The van der Waals surface area contributed by atoms with Gasteiger partial charge in [-0.2, -0.15) is 0 Å². The van der Waals surface area contributed by atoms with Gasteiger partial charge in [0.05, 0.1) is 0 Å². The standard InChI is InChI=1S/C18H19NO2/c1-14(21-16-10-3-2-4-11-16)18(20)19-13-7-9-15-8-5-6-12-17(15)19/h2-6,8,10-12,14H,7,9,13H2,1H3/t14-/m0/s1. The van der Waals surface area contributed by atoms with E-state index in [0.29, 0.717) is 0 Å². The molecule has 21 heavy (non-hydrogen) atoms. The molecule has 1 amide bonds. The maximum Gasteiger partial charge on any atom is 0.267 e. The summed E-state index contributed by atoms with van der Waals surface area (Å²) in [6.45, 7) is 2.57. The Morgan fingerprint density at radius 2 is 1.81 bits per heavy atom. The quantitative estimate of drug-likeness (QED) is 0.862. The molecule has 0 saturated heterocycles.